The fourth-order valence-corrected chi connectivity index (χ4v) is 3.01. The summed E-state index contributed by atoms with van der Waals surface area (Å²) in [5.74, 6) is -0.147. The topological polar surface area (TPSA) is 67.4 Å². The van der Waals surface area contributed by atoms with Gasteiger partial charge in [-0.2, -0.15) is 0 Å². The van der Waals surface area contributed by atoms with Gasteiger partial charge in [0.15, 0.2) is 6.10 Å². The van der Waals surface area contributed by atoms with Crippen LogP contribution in [0.1, 0.15) is 18.9 Å². The Morgan fingerprint density at radius 3 is 2.13 bits per heavy atom. The number of carbonyl (C=O) groups excluding carboxylic acids is 2. The summed E-state index contributed by atoms with van der Waals surface area (Å²) < 4.78 is 5.80. The first kappa shape index (κ1) is 21.4. The predicted octanol–water partition coefficient (Wildman–Crippen LogP) is 4.55. The number of amides is 2. The molecule has 5 nitrogen and oxygen atoms in total. The number of hydrogen-bond donors (Lipinski definition) is 2. The van der Waals surface area contributed by atoms with Gasteiger partial charge < -0.3 is 4.74 Å². The van der Waals surface area contributed by atoms with E-state index in [-0.39, 0.29) is 12.3 Å². The third-order valence-electron chi connectivity index (χ3n) is 4.51. The molecule has 2 amide bonds. The molecule has 0 spiro atoms. The Morgan fingerprint density at radius 2 is 1.50 bits per heavy atom. The fourth-order valence-electron chi connectivity index (χ4n) is 2.89. The number of rotatable bonds is 7. The van der Waals surface area contributed by atoms with E-state index in [1.807, 2.05) is 61.5 Å². The molecule has 0 aliphatic carbocycles. The van der Waals surface area contributed by atoms with E-state index in [4.69, 9.17) is 16.3 Å². The Hall–Kier alpha value is -3.31. The van der Waals surface area contributed by atoms with E-state index in [0.717, 1.165) is 16.7 Å². The second-order valence-corrected chi connectivity index (χ2v) is 7.18. The van der Waals surface area contributed by atoms with Gasteiger partial charge in [-0.3, -0.25) is 20.4 Å². The Morgan fingerprint density at radius 1 is 0.867 bits per heavy atom. The summed E-state index contributed by atoms with van der Waals surface area (Å²) in [4.78, 5) is 24.4. The van der Waals surface area contributed by atoms with Crippen molar-refractivity contribution in [1.82, 2.24) is 10.9 Å². The molecule has 3 rings (SSSR count). The van der Waals surface area contributed by atoms with E-state index < -0.39 is 12.0 Å². The highest BCUT2D eigenvalue weighted by Gasteiger charge is 2.19. The van der Waals surface area contributed by atoms with Crippen LogP contribution < -0.4 is 15.6 Å². The van der Waals surface area contributed by atoms with Crippen LogP contribution in [0.25, 0.3) is 11.1 Å². The molecular formula is C24H23ClN2O3. The third kappa shape index (κ3) is 6.09. The van der Waals surface area contributed by atoms with Crippen molar-refractivity contribution in [3.8, 4) is 16.9 Å². The third-order valence-corrected chi connectivity index (χ3v) is 4.76. The van der Waals surface area contributed by atoms with Crippen LogP contribution in [0, 0.1) is 0 Å². The highest BCUT2D eigenvalue weighted by molar-refractivity contribution is 6.30. The quantitative estimate of drug-likeness (QED) is 0.549. The van der Waals surface area contributed by atoms with E-state index in [9.17, 15) is 9.59 Å². The zero-order valence-corrected chi connectivity index (χ0v) is 17.4. The Balaban J connectivity index is 1.51. The number of hydrazine groups is 1. The van der Waals surface area contributed by atoms with Gasteiger partial charge in [0.25, 0.3) is 5.91 Å². The van der Waals surface area contributed by atoms with Gasteiger partial charge in [0.2, 0.25) is 5.91 Å². The fraction of sp³-hybridized carbons (Fsp3) is 0.167. The standard InChI is InChI=1S/C24H23ClN2O3/c1-2-22(24(29)27-26-23(28)16-17-8-12-20(25)13-9-17)30-21-14-10-19(11-15-21)18-6-4-3-5-7-18/h3-15,22H,2,16H2,1H3,(H,26,28)(H,27,29). The van der Waals surface area contributed by atoms with Gasteiger partial charge in [-0.25, -0.2) is 0 Å². The van der Waals surface area contributed by atoms with Crippen molar-refractivity contribution < 1.29 is 14.3 Å². The van der Waals surface area contributed by atoms with E-state index in [0.29, 0.717) is 17.2 Å². The van der Waals surface area contributed by atoms with Crippen LogP contribution in [-0.2, 0) is 16.0 Å². The minimum absolute atomic E-state index is 0.135. The molecule has 0 heterocycles. The lowest BCUT2D eigenvalue weighted by Crippen LogP contribution is -2.48. The molecule has 0 saturated heterocycles. The number of halogens is 1. The van der Waals surface area contributed by atoms with Gasteiger partial charge in [0.1, 0.15) is 5.75 Å². The molecule has 0 aromatic heterocycles. The van der Waals surface area contributed by atoms with Crippen molar-refractivity contribution in [2.24, 2.45) is 0 Å². The van der Waals surface area contributed by atoms with Crippen LogP contribution in [-0.4, -0.2) is 17.9 Å². The van der Waals surface area contributed by atoms with Gasteiger partial charge in [-0.05, 0) is 47.4 Å². The molecule has 1 atom stereocenters. The molecule has 0 aliphatic rings. The molecule has 3 aromatic carbocycles. The summed E-state index contributed by atoms with van der Waals surface area (Å²) in [6.07, 6.45) is -0.126. The first-order valence-electron chi connectivity index (χ1n) is 9.70. The number of nitrogens with one attached hydrogen (secondary N) is 2. The Kier molecular flexibility index (Phi) is 7.46. The van der Waals surface area contributed by atoms with E-state index in [2.05, 4.69) is 10.9 Å². The van der Waals surface area contributed by atoms with Gasteiger partial charge in [-0.1, -0.05) is 73.1 Å². The lowest BCUT2D eigenvalue weighted by atomic mass is 10.1. The molecule has 30 heavy (non-hydrogen) atoms. The molecule has 0 fully saturated rings. The van der Waals surface area contributed by atoms with Gasteiger partial charge >= 0.3 is 0 Å². The van der Waals surface area contributed by atoms with Crippen LogP contribution in [0.5, 0.6) is 5.75 Å². The molecule has 3 aromatic rings. The second kappa shape index (κ2) is 10.5. The molecule has 1 unspecified atom stereocenters. The first-order valence-corrected chi connectivity index (χ1v) is 10.1. The lowest BCUT2D eigenvalue weighted by Gasteiger charge is -2.18. The molecular weight excluding hydrogens is 400 g/mol. The zero-order valence-electron chi connectivity index (χ0n) is 16.6. The van der Waals surface area contributed by atoms with Crippen molar-refractivity contribution in [3.63, 3.8) is 0 Å². The second-order valence-electron chi connectivity index (χ2n) is 6.75. The summed E-state index contributed by atoms with van der Waals surface area (Å²) in [7, 11) is 0. The van der Waals surface area contributed by atoms with Crippen molar-refractivity contribution in [3.05, 3.63) is 89.4 Å². The molecule has 0 aliphatic heterocycles. The van der Waals surface area contributed by atoms with Crippen molar-refractivity contribution in [1.29, 1.82) is 0 Å². The molecule has 6 heteroatoms. The summed E-state index contributed by atoms with van der Waals surface area (Å²) >= 11 is 5.84. The van der Waals surface area contributed by atoms with E-state index in [1.54, 1.807) is 24.3 Å². The largest absolute Gasteiger partial charge is 0.481 e. The SMILES string of the molecule is CCC(Oc1ccc(-c2ccccc2)cc1)C(=O)NNC(=O)Cc1ccc(Cl)cc1. The van der Waals surface area contributed by atoms with Crippen molar-refractivity contribution >= 4 is 23.4 Å². The monoisotopic (exact) mass is 422 g/mol. The van der Waals surface area contributed by atoms with E-state index in [1.165, 1.54) is 0 Å². The van der Waals surface area contributed by atoms with E-state index >= 15 is 0 Å². The predicted molar refractivity (Wildman–Crippen MR) is 118 cm³/mol. The van der Waals surface area contributed by atoms with Crippen LogP contribution in [0.3, 0.4) is 0 Å². The number of hydrogen-bond acceptors (Lipinski definition) is 3. The number of ether oxygens (including phenoxy) is 1. The summed E-state index contributed by atoms with van der Waals surface area (Å²) in [6.45, 7) is 1.85. The average molecular weight is 423 g/mol. The first-order chi connectivity index (χ1) is 14.5. The summed E-state index contributed by atoms with van der Waals surface area (Å²) in [5.41, 5.74) is 7.83. The molecule has 0 bridgehead atoms. The zero-order chi connectivity index (χ0) is 21.3. The van der Waals surface area contributed by atoms with Gasteiger partial charge in [-0.15, -0.1) is 0 Å². The van der Waals surface area contributed by atoms with Crippen molar-refractivity contribution in [2.75, 3.05) is 0 Å². The highest BCUT2D eigenvalue weighted by atomic mass is 35.5. The molecule has 2 N–H and O–H groups in total. The smallest absolute Gasteiger partial charge is 0.279 e. The maximum Gasteiger partial charge on any atom is 0.279 e. The minimum Gasteiger partial charge on any atom is -0.481 e. The highest BCUT2D eigenvalue weighted by Crippen LogP contribution is 2.23. The summed E-state index contributed by atoms with van der Waals surface area (Å²) in [5, 5.41) is 0.604. The molecule has 0 radical (unpaired) electrons. The normalized spacial score (nSPS) is 11.4. The van der Waals surface area contributed by atoms with Crippen LogP contribution in [0.2, 0.25) is 5.02 Å². The average Bonchev–Trinajstić information content (AvgIpc) is 2.78. The number of carbonyl (C=O) groups is 2. The van der Waals surface area contributed by atoms with Crippen LogP contribution in [0.4, 0.5) is 0 Å². The van der Waals surface area contributed by atoms with Crippen LogP contribution >= 0.6 is 11.6 Å². The summed E-state index contributed by atoms with van der Waals surface area (Å²) in [6, 6.07) is 24.5. The van der Waals surface area contributed by atoms with Crippen LogP contribution in [0.15, 0.2) is 78.9 Å². The van der Waals surface area contributed by atoms with Crippen molar-refractivity contribution in [2.45, 2.75) is 25.9 Å². The van der Waals surface area contributed by atoms with Gasteiger partial charge in [0.05, 0.1) is 6.42 Å². The Labute approximate surface area is 181 Å². The number of benzene rings is 3. The maximum absolute atomic E-state index is 12.4. The maximum atomic E-state index is 12.4. The lowest BCUT2D eigenvalue weighted by molar-refractivity contribution is -0.133. The molecule has 0 saturated carbocycles. The molecule has 154 valence electrons. The van der Waals surface area contributed by atoms with Gasteiger partial charge in [0, 0.05) is 5.02 Å². The minimum atomic E-state index is -0.719. The Bertz CT molecular complexity index is 974.